The predicted molar refractivity (Wildman–Crippen MR) is 75.1 cm³/mol. The first-order valence-electron chi connectivity index (χ1n) is 5.74. The van der Waals surface area contributed by atoms with Crippen LogP contribution >= 0.6 is 23.2 Å². The Labute approximate surface area is 118 Å². The first-order valence-corrected chi connectivity index (χ1v) is 6.50. The van der Waals surface area contributed by atoms with Crippen LogP contribution in [-0.4, -0.2) is 41.9 Å². The predicted octanol–water partition coefficient (Wildman–Crippen LogP) is 2.42. The third kappa shape index (κ3) is 4.41. The highest BCUT2D eigenvalue weighted by molar-refractivity contribution is 6.33. The van der Waals surface area contributed by atoms with Crippen LogP contribution in [0, 0.1) is 5.41 Å². The fourth-order valence-electron chi connectivity index (χ4n) is 1.81. The normalized spacial score (nSPS) is 12.2. The van der Waals surface area contributed by atoms with Gasteiger partial charge < -0.3 is 15.1 Å². The molecule has 1 aromatic carbocycles. The largest absolute Gasteiger partial charge is 0.396 e. The summed E-state index contributed by atoms with van der Waals surface area (Å²) in [4.78, 5) is 2.00. The summed E-state index contributed by atoms with van der Waals surface area (Å²) in [5.74, 6) is 0. The number of aliphatic hydroxyl groups is 2. The number of benzene rings is 1. The zero-order valence-corrected chi connectivity index (χ0v) is 12.2. The Kier molecular flexibility index (Phi) is 5.89. The first-order chi connectivity index (χ1) is 8.40. The van der Waals surface area contributed by atoms with Gasteiger partial charge in [-0.2, -0.15) is 0 Å². The lowest BCUT2D eigenvalue weighted by molar-refractivity contribution is 0.0402. The van der Waals surface area contributed by atoms with Crippen LogP contribution in [0.25, 0.3) is 0 Å². The molecule has 5 heteroatoms. The van der Waals surface area contributed by atoms with Gasteiger partial charge in [-0.25, -0.2) is 0 Å². The minimum absolute atomic E-state index is 0.0584. The lowest BCUT2D eigenvalue weighted by Gasteiger charge is -2.30. The number of nitrogens with zero attached hydrogens (tertiary/aromatic N) is 1. The molecule has 0 aromatic heterocycles. The monoisotopic (exact) mass is 291 g/mol. The summed E-state index contributed by atoms with van der Waals surface area (Å²) < 4.78 is 0. The second kappa shape index (κ2) is 6.73. The van der Waals surface area contributed by atoms with Crippen LogP contribution in [0.3, 0.4) is 0 Å². The molecule has 3 nitrogen and oxygen atoms in total. The number of rotatable bonds is 6. The lowest BCUT2D eigenvalue weighted by atomic mass is 9.92. The second-order valence-electron chi connectivity index (χ2n) is 5.03. The van der Waals surface area contributed by atoms with Crippen LogP contribution in [-0.2, 0) is 6.54 Å². The molecular weight excluding hydrogens is 273 g/mol. The van der Waals surface area contributed by atoms with Crippen LogP contribution in [0.4, 0.5) is 0 Å². The first kappa shape index (κ1) is 15.7. The van der Waals surface area contributed by atoms with Crippen LogP contribution in [0.1, 0.15) is 12.5 Å². The van der Waals surface area contributed by atoms with E-state index in [4.69, 9.17) is 23.2 Å². The molecule has 1 aromatic rings. The van der Waals surface area contributed by atoms with E-state index >= 15 is 0 Å². The Morgan fingerprint density at radius 2 is 1.83 bits per heavy atom. The van der Waals surface area contributed by atoms with E-state index in [1.807, 2.05) is 24.9 Å². The summed E-state index contributed by atoms with van der Waals surface area (Å²) in [6, 6.07) is 5.35. The van der Waals surface area contributed by atoms with Gasteiger partial charge in [0.15, 0.2) is 0 Å². The fraction of sp³-hybridized carbons (Fsp3) is 0.538. The van der Waals surface area contributed by atoms with Gasteiger partial charge in [0.05, 0.1) is 13.2 Å². The molecular formula is C13H19Cl2NO2. The van der Waals surface area contributed by atoms with Gasteiger partial charge in [0, 0.05) is 28.5 Å². The van der Waals surface area contributed by atoms with Crippen molar-refractivity contribution in [3.8, 4) is 0 Å². The molecule has 0 spiro atoms. The molecule has 0 unspecified atom stereocenters. The smallest absolute Gasteiger partial charge is 0.0519 e. The number of halogens is 2. The maximum absolute atomic E-state index is 9.27. The zero-order chi connectivity index (χ0) is 13.8. The quantitative estimate of drug-likeness (QED) is 0.846. The summed E-state index contributed by atoms with van der Waals surface area (Å²) in [5, 5.41) is 19.8. The summed E-state index contributed by atoms with van der Waals surface area (Å²) >= 11 is 12.0. The van der Waals surface area contributed by atoms with Crippen molar-refractivity contribution in [1.29, 1.82) is 0 Å². The molecule has 0 fully saturated rings. The summed E-state index contributed by atoms with van der Waals surface area (Å²) in [7, 11) is 1.92. The van der Waals surface area contributed by atoms with Crippen LogP contribution in [0.15, 0.2) is 18.2 Å². The highest BCUT2D eigenvalue weighted by atomic mass is 35.5. The van der Waals surface area contributed by atoms with Crippen LogP contribution in [0.5, 0.6) is 0 Å². The van der Waals surface area contributed by atoms with Crippen molar-refractivity contribution in [1.82, 2.24) is 4.90 Å². The van der Waals surface area contributed by atoms with Crippen molar-refractivity contribution in [3.05, 3.63) is 33.8 Å². The molecule has 0 saturated heterocycles. The van der Waals surface area contributed by atoms with E-state index in [0.717, 1.165) is 5.56 Å². The Morgan fingerprint density at radius 3 is 2.39 bits per heavy atom. The maximum atomic E-state index is 9.27. The van der Waals surface area contributed by atoms with Gasteiger partial charge in [-0.1, -0.05) is 30.1 Å². The van der Waals surface area contributed by atoms with E-state index in [0.29, 0.717) is 23.1 Å². The minimum atomic E-state index is -0.514. The van der Waals surface area contributed by atoms with Gasteiger partial charge in [0.25, 0.3) is 0 Å². The average molecular weight is 292 g/mol. The SMILES string of the molecule is CN(Cc1cc(Cl)ccc1Cl)CC(C)(CO)CO. The van der Waals surface area contributed by atoms with Crippen molar-refractivity contribution in [2.75, 3.05) is 26.8 Å². The molecule has 0 heterocycles. The van der Waals surface area contributed by atoms with Crippen LogP contribution in [0.2, 0.25) is 10.0 Å². The molecule has 0 aliphatic carbocycles. The van der Waals surface area contributed by atoms with E-state index in [9.17, 15) is 10.2 Å². The fourth-order valence-corrected chi connectivity index (χ4v) is 2.18. The summed E-state index contributed by atoms with van der Waals surface area (Å²) in [6.45, 7) is 2.91. The Balaban J connectivity index is 2.70. The second-order valence-corrected chi connectivity index (χ2v) is 5.88. The van der Waals surface area contributed by atoms with Gasteiger partial charge in [0.1, 0.15) is 0 Å². The molecule has 0 saturated carbocycles. The highest BCUT2D eigenvalue weighted by Crippen LogP contribution is 2.23. The zero-order valence-electron chi connectivity index (χ0n) is 10.7. The lowest BCUT2D eigenvalue weighted by Crippen LogP contribution is -2.38. The molecule has 0 atom stereocenters. The highest BCUT2D eigenvalue weighted by Gasteiger charge is 2.24. The maximum Gasteiger partial charge on any atom is 0.0519 e. The molecule has 0 aliphatic rings. The van der Waals surface area contributed by atoms with E-state index in [1.165, 1.54) is 0 Å². The molecule has 1 rings (SSSR count). The van der Waals surface area contributed by atoms with Crippen molar-refractivity contribution in [2.24, 2.45) is 5.41 Å². The van der Waals surface area contributed by atoms with Gasteiger partial charge in [-0.15, -0.1) is 0 Å². The van der Waals surface area contributed by atoms with E-state index < -0.39 is 5.41 Å². The van der Waals surface area contributed by atoms with Gasteiger partial charge in [-0.05, 0) is 30.8 Å². The summed E-state index contributed by atoms with van der Waals surface area (Å²) in [5.41, 5.74) is 0.421. The van der Waals surface area contributed by atoms with Gasteiger partial charge in [0.2, 0.25) is 0 Å². The molecule has 2 N–H and O–H groups in total. The molecule has 18 heavy (non-hydrogen) atoms. The number of aliphatic hydroxyl groups excluding tert-OH is 2. The third-order valence-electron chi connectivity index (χ3n) is 2.86. The van der Waals surface area contributed by atoms with E-state index in [1.54, 1.807) is 12.1 Å². The average Bonchev–Trinajstić information content (AvgIpc) is 2.33. The van der Waals surface area contributed by atoms with Crippen LogP contribution < -0.4 is 0 Å². The molecule has 0 amide bonds. The Bertz CT molecular complexity index is 395. The van der Waals surface area contributed by atoms with Crippen molar-refractivity contribution in [3.63, 3.8) is 0 Å². The number of hydrogen-bond acceptors (Lipinski definition) is 3. The number of hydrogen-bond donors (Lipinski definition) is 2. The van der Waals surface area contributed by atoms with Crippen molar-refractivity contribution >= 4 is 23.2 Å². The van der Waals surface area contributed by atoms with Gasteiger partial charge >= 0.3 is 0 Å². The topological polar surface area (TPSA) is 43.7 Å². The molecule has 0 aliphatic heterocycles. The Hall–Kier alpha value is -0.320. The molecule has 102 valence electrons. The van der Waals surface area contributed by atoms with E-state index in [-0.39, 0.29) is 13.2 Å². The van der Waals surface area contributed by atoms with Crippen molar-refractivity contribution in [2.45, 2.75) is 13.5 Å². The van der Waals surface area contributed by atoms with E-state index in [2.05, 4.69) is 0 Å². The molecule has 0 bridgehead atoms. The summed E-state index contributed by atoms with van der Waals surface area (Å²) in [6.07, 6.45) is 0. The third-order valence-corrected chi connectivity index (χ3v) is 3.47. The Morgan fingerprint density at radius 1 is 1.22 bits per heavy atom. The molecule has 0 radical (unpaired) electrons. The minimum Gasteiger partial charge on any atom is -0.396 e. The van der Waals surface area contributed by atoms with Gasteiger partial charge in [-0.3, -0.25) is 0 Å². The van der Waals surface area contributed by atoms with Crippen molar-refractivity contribution < 1.29 is 10.2 Å². The standard InChI is InChI=1S/C13H19Cl2NO2/c1-13(8-17,9-18)7-16(2)6-10-5-11(14)3-4-12(10)15/h3-5,17-18H,6-9H2,1-2H3.